The molecule has 0 spiro atoms. The highest BCUT2D eigenvalue weighted by molar-refractivity contribution is 7.26. The summed E-state index contributed by atoms with van der Waals surface area (Å²) in [6, 6.07) is 62.0. The van der Waals surface area contributed by atoms with Gasteiger partial charge in [0.25, 0.3) is 0 Å². The molecule has 0 unspecified atom stereocenters. The van der Waals surface area contributed by atoms with Gasteiger partial charge in [-0.3, -0.25) is 0 Å². The second kappa shape index (κ2) is 12.8. The molecule has 0 aliphatic heterocycles. The molecule has 12 aromatic rings. The Hall–Kier alpha value is -6.99. The van der Waals surface area contributed by atoms with Crippen LogP contribution in [0.15, 0.2) is 180 Å². The van der Waals surface area contributed by atoms with Crippen LogP contribution in [0.25, 0.3) is 119 Å². The van der Waals surface area contributed by atoms with Crippen molar-refractivity contribution in [3.05, 3.63) is 176 Å². The zero-order chi connectivity index (χ0) is 37.5. The summed E-state index contributed by atoms with van der Waals surface area (Å²) in [6.07, 6.45) is 0. The highest BCUT2D eigenvalue weighted by Crippen LogP contribution is 2.47. The van der Waals surface area contributed by atoms with Crippen molar-refractivity contribution in [1.29, 1.82) is 0 Å². The van der Waals surface area contributed by atoms with Gasteiger partial charge in [0.1, 0.15) is 11.2 Å². The third-order valence-corrected chi connectivity index (χ3v) is 13.2. The van der Waals surface area contributed by atoms with E-state index in [1.165, 1.54) is 45.9 Å². The standard InChI is InChI=1S/C51H29N3OS2/c1-3-13-30(14-4-1)49-52-50(31-15-5-2-6-16-31)54-51(53-49)32-25-26-35-39-27-33(34-19-11-23-44-46(34)37-17-7-9-21-42(37)56-44)28-40(48(39)55-41(35)29-32)36-20-12-24-45-47(36)38-18-8-10-22-43(38)57-45/h1-29H. The molecule has 6 heteroatoms. The lowest BCUT2D eigenvalue weighted by Gasteiger charge is -2.11. The largest absolute Gasteiger partial charge is 0.455 e. The molecule has 4 aromatic heterocycles. The number of nitrogens with zero attached hydrogens (tertiary/aromatic N) is 3. The van der Waals surface area contributed by atoms with Gasteiger partial charge in [-0.1, -0.05) is 127 Å². The highest BCUT2D eigenvalue weighted by Gasteiger charge is 2.21. The molecule has 0 amide bonds. The molecule has 0 fully saturated rings. The molecule has 0 saturated carbocycles. The van der Waals surface area contributed by atoms with Gasteiger partial charge in [0.05, 0.1) is 0 Å². The van der Waals surface area contributed by atoms with Crippen LogP contribution in [0.3, 0.4) is 0 Å². The third kappa shape index (κ3) is 5.22. The smallest absolute Gasteiger partial charge is 0.164 e. The molecule has 0 bridgehead atoms. The quantitative estimate of drug-likeness (QED) is 0.175. The predicted octanol–water partition coefficient (Wildman–Crippen LogP) is 14.8. The highest BCUT2D eigenvalue weighted by atomic mass is 32.1. The summed E-state index contributed by atoms with van der Waals surface area (Å²) in [5.41, 5.74) is 8.99. The van der Waals surface area contributed by atoms with Crippen LogP contribution >= 0.6 is 22.7 Å². The lowest BCUT2D eigenvalue weighted by Crippen LogP contribution is -2.00. The summed E-state index contributed by atoms with van der Waals surface area (Å²) in [5.74, 6) is 1.85. The van der Waals surface area contributed by atoms with E-state index in [2.05, 4.69) is 115 Å². The molecule has 0 aliphatic rings. The van der Waals surface area contributed by atoms with E-state index in [0.29, 0.717) is 17.5 Å². The van der Waals surface area contributed by atoms with Crippen LogP contribution in [0, 0.1) is 0 Å². The van der Waals surface area contributed by atoms with E-state index < -0.39 is 0 Å². The van der Waals surface area contributed by atoms with E-state index in [1.54, 1.807) is 0 Å². The van der Waals surface area contributed by atoms with Crippen molar-refractivity contribution < 1.29 is 4.42 Å². The maximum Gasteiger partial charge on any atom is 0.164 e. The number of thiophene rings is 2. The van der Waals surface area contributed by atoms with Crippen molar-refractivity contribution in [2.45, 2.75) is 0 Å². The SMILES string of the molecule is c1ccc(-c2nc(-c3ccccc3)nc(-c3ccc4c(c3)oc3c(-c5cccc6sc7ccccc7c56)cc(-c5cccc6sc7ccccc7c56)cc34)n2)cc1. The summed E-state index contributed by atoms with van der Waals surface area (Å²) in [6.45, 7) is 0. The topological polar surface area (TPSA) is 51.8 Å². The second-order valence-electron chi connectivity index (χ2n) is 14.3. The van der Waals surface area contributed by atoms with Crippen LogP contribution < -0.4 is 0 Å². The van der Waals surface area contributed by atoms with Gasteiger partial charge in [-0.15, -0.1) is 22.7 Å². The summed E-state index contributed by atoms with van der Waals surface area (Å²) < 4.78 is 12.1. The number of fused-ring (bicyclic) bond motifs is 9. The van der Waals surface area contributed by atoms with Gasteiger partial charge in [-0.2, -0.15) is 0 Å². The normalized spacial score (nSPS) is 11.9. The fourth-order valence-electron chi connectivity index (χ4n) is 8.32. The lowest BCUT2D eigenvalue weighted by molar-refractivity contribution is 0.670. The fraction of sp³-hybridized carbons (Fsp3) is 0. The van der Waals surface area contributed by atoms with Crippen LogP contribution in [0.5, 0.6) is 0 Å². The van der Waals surface area contributed by atoms with Gasteiger partial charge in [-0.25, -0.2) is 15.0 Å². The first-order chi connectivity index (χ1) is 28.2. The minimum Gasteiger partial charge on any atom is -0.455 e. The molecule has 0 saturated heterocycles. The van der Waals surface area contributed by atoms with E-state index in [1.807, 2.05) is 83.3 Å². The van der Waals surface area contributed by atoms with Crippen molar-refractivity contribution in [3.8, 4) is 56.4 Å². The predicted molar refractivity (Wildman–Crippen MR) is 240 cm³/mol. The molecule has 0 aliphatic carbocycles. The molecule has 0 N–H and O–H groups in total. The third-order valence-electron chi connectivity index (χ3n) is 10.9. The number of hydrogen-bond acceptors (Lipinski definition) is 6. The summed E-state index contributed by atoms with van der Waals surface area (Å²) >= 11 is 3.68. The average Bonchev–Trinajstić information content (AvgIpc) is 3.97. The van der Waals surface area contributed by atoms with E-state index in [4.69, 9.17) is 19.4 Å². The van der Waals surface area contributed by atoms with Crippen LogP contribution in [-0.4, -0.2) is 15.0 Å². The molecule has 4 nitrogen and oxygen atoms in total. The van der Waals surface area contributed by atoms with E-state index >= 15 is 0 Å². The Morgan fingerprint density at radius 3 is 1.49 bits per heavy atom. The second-order valence-corrected chi connectivity index (χ2v) is 16.5. The van der Waals surface area contributed by atoms with Crippen molar-refractivity contribution in [2.75, 3.05) is 0 Å². The van der Waals surface area contributed by atoms with Gasteiger partial charge in [-0.05, 0) is 65.2 Å². The molecule has 12 rings (SSSR count). The van der Waals surface area contributed by atoms with Crippen molar-refractivity contribution in [3.63, 3.8) is 0 Å². The van der Waals surface area contributed by atoms with Gasteiger partial charge in [0.2, 0.25) is 0 Å². The van der Waals surface area contributed by atoms with Gasteiger partial charge < -0.3 is 4.42 Å². The molecule has 4 heterocycles. The van der Waals surface area contributed by atoms with Crippen LogP contribution in [0.2, 0.25) is 0 Å². The number of hydrogen-bond donors (Lipinski definition) is 0. The zero-order valence-corrected chi connectivity index (χ0v) is 31.9. The maximum absolute atomic E-state index is 7.04. The Bertz CT molecular complexity index is 3470. The van der Waals surface area contributed by atoms with E-state index in [9.17, 15) is 0 Å². The molecule has 0 atom stereocenters. The van der Waals surface area contributed by atoms with Crippen LogP contribution in [-0.2, 0) is 0 Å². The Balaban J connectivity index is 1.12. The van der Waals surface area contributed by atoms with Crippen molar-refractivity contribution >= 4 is 85.0 Å². The van der Waals surface area contributed by atoms with E-state index in [0.717, 1.165) is 55.3 Å². The Morgan fingerprint density at radius 1 is 0.333 bits per heavy atom. The fourth-order valence-corrected chi connectivity index (χ4v) is 10.6. The summed E-state index contributed by atoms with van der Waals surface area (Å²) in [4.78, 5) is 15.0. The van der Waals surface area contributed by atoms with Crippen molar-refractivity contribution in [1.82, 2.24) is 15.0 Å². The lowest BCUT2D eigenvalue weighted by atomic mass is 9.92. The van der Waals surface area contributed by atoms with Gasteiger partial charge in [0.15, 0.2) is 17.5 Å². The summed E-state index contributed by atoms with van der Waals surface area (Å²) in [5, 5.41) is 7.20. The Morgan fingerprint density at radius 2 is 0.860 bits per heavy atom. The molecular formula is C51H29N3OS2. The molecular weight excluding hydrogens is 735 g/mol. The Kier molecular flexibility index (Phi) is 7.24. The number of furan rings is 1. The first kappa shape index (κ1) is 32.3. The zero-order valence-electron chi connectivity index (χ0n) is 30.3. The van der Waals surface area contributed by atoms with Crippen molar-refractivity contribution in [2.24, 2.45) is 0 Å². The minimum atomic E-state index is 0.594. The van der Waals surface area contributed by atoms with Crippen LogP contribution in [0.4, 0.5) is 0 Å². The first-order valence-corrected chi connectivity index (χ1v) is 20.6. The Labute approximate surface area is 335 Å². The molecule has 8 aromatic carbocycles. The molecule has 266 valence electrons. The minimum absolute atomic E-state index is 0.594. The van der Waals surface area contributed by atoms with Gasteiger partial charge >= 0.3 is 0 Å². The number of aromatic nitrogens is 3. The molecule has 0 radical (unpaired) electrons. The average molecular weight is 764 g/mol. The van der Waals surface area contributed by atoms with E-state index in [-0.39, 0.29) is 0 Å². The van der Waals surface area contributed by atoms with Crippen LogP contribution in [0.1, 0.15) is 0 Å². The molecule has 57 heavy (non-hydrogen) atoms. The summed E-state index contributed by atoms with van der Waals surface area (Å²) in [7, 11) is 0. The number of benzene rings is 8. The maximum atomic E-state index is 7.04. The number of rotatable bonds is 5. The van der Waals surface area contributed by atoms with Gasteiger partial charge in [0, 0.05) is 73.4 Å². The monoisotopic (exact) mass is 763 g/mol. The first-order valence-electron chi connectivity index (χ1n) is 18.9.